The lowest BCUT2D eigenvalue weighted by Gasteiger charge is -2.30. The van der Waals surface area contributed by atoms with E-state index in [-0.39, 0.29) is 12.3 Å². The van der Waals surface area contributed by atoms with Gasteiger partial charge >= 0.3 is 5.97 Å². The molecule has 1 saturated heterocycles. The van der Waals surface area contributed by atoms with Crippen molar-refractivity contribution in [3.8, 4) is 22.8 Å². The van der Waals surface area contributed by atoms with Crippen molar-refractivity contribution in [2.45, 2.75) is 32.5 Å². The molecular weight excluding hydrogens is 398 g/mol. The molecule has 31 heavy (non-hydrogen) atoms. The van der Waals surface area contributed by atoms with E-state index in [2.05, 4.69) is 4.98 Å². The van der Waals surface area contributed by atoms with Gasteiger partial charge < -0.3 is 23.4 Å². The zero-order valence-corrected chi connectivity index (χ0v) is 17.6. The number of para-hydroxylation sites is 1. The van der Waals surface area contributed by atoms with Crippen molar-refractivity contribution in [2.24, 2.45) is 0 Å². The van der Waals surface area contributed by atoms with E-state index >= 15 is 0 Å². The van der Waals surface area contributed by atoms with Crippen LogP contribution in [0.25, 0.3) is 11.3 Å². The summed E-state index contributed by atoms with van der Waals surface area (Å²) < 4.78 is 29.0. The molecule has 0 amide bonds. The molecule has 0 bridgehead atoms. The Bertz CT molecular complexity index is 1020. The van der Waals surface area contributed by atoms with Gasteiger partial charge in [0.25, 0.3) is 0 Å². The lowest BCUT2D eigenvalue weighted by Crippen LogP contribution is -2.29. The van der Waals surface area contributed by atoms with Crippen LogP contribution >= 0.6 is 0 Å². The first-order valence-corrected chi connectivity index (χ1v) is 10.4. The number of carbonyl (C=O) groups is 1. The van der Waals surface area contributed by atoms with Gasteiger partial charge in [-0.25, -0.2) is 9.78 Å². The second-order valence-electron chi connectivity index (χ2n) is 7.22. The first-order valence-electron chi connectivity index (χ1n) is 10.4. The Morgan fingerprint density at radius 2 is 1.81 bits per heavy atom. The summed E-state index contributed by atoms with van der Waals surface area (Å²) in [4.78, 5) is 16.5. The topological polar surface area (TPSA) is 80.0 Å². The number of ether oxygens (including phenoxy) is 4. The highest BCUT2D eigenvalue weighted by atomic mass is 16.7. The number of oxazole rings is 1. The third kappa shape index (κ3) is 4.62. The van der Waals surface area contributed by atoms with Gasteiger partial charge in [-0.05, 0) is 57.0 Å². The number of rotatable bonds is 6. The smallest absolute Gasteiger partial charge is 0.360 e. The molecule has 1 aliphatic rings. The van der Waals surface area contributed by atoms with Crippen LogP contribution in [0.15, 0.2) is 59.3 Å². The molecule has 0 saturated carbocycles. The summed E-state index contributed by atoms with van der Waals surface area (Å²) in [5.74, 6) is 0.0356. The van der Waals surface area contributed by atoms with Crippen molar-refractivity contribution in [1.29, 1.82) is 0 Å². The van der Waals surface area contributed by atoms with E-state index in [1.165, 1.54) is 6.39 Å². The first kappa shape index (κ1) is 21.1. The van der Waals surface area contributed by atoms with Crippen LogP contribution in [-0.2, 0) is 20.0 Å². The highest BCUT2D eigenvalue weighted by Crippen LogP contribution is 2.40. The molecule has 2 heterocycles. The zero-order valence-electron chi connectivity index (χ0n) is 17.6. The third-order valence-corrected chi connectivity index (χ3v) is 5.03. The molecule has 2 aromatic carbocycles. The molecule has 1 aromatic heterocycles. The van der Waals surface area contributed by atoms with Crippen molar-refractivity contribution in [2.75, 3.05) is 19.8 Å². The summed E-state index contributed by atoms with van der Waals surface area (Å²) in [7, 11) is 0. The molecule has 7 heteroatoms. The molecule has 0 N–H and O–H groups in total. The van der Waals surface area contributed by atoms with E-state index in [0.717, 1.165) is 12.8 Å². The summed E-state index contributed by atoms with van der Waals surface area (Å²) in [6.07, 6.45) is 3.04. The number of nitrogens with zero attached hydrogens (tertiary/aromatic N) is 1. The molecule has 0 spiro atoms. The predicted octanol–water partition coefficient (Wildman–Crippen LogP) is 5.31. The second kappa shape index (κ2) is 9.32. The molecule has 1 aliphatic heterocycles. The van der Waals surface area contributed by atoms with Gasteiger partial charge in [0.05, 0.1) is 19.8 Å². The maximum atomic E-state index is 12.4. The van der Waals surface area contributed by atoms with Crippen LogP contribution in [-0.4, -0.2) is 30.8 Å². The minimum absolute atomic E-state index is 0.108. The monoisotopic (exact) mass is 423 g/mol. The molecule has 7 nitrogen and oxygen atoms in total. The molecule has 0 radical (unpaired) electrons. The van der Waals surface area contributed by atoms with Gasteiger partial charge in [-0.2, -0.15) is 0 Å². The molecule has 162 valence electrons. The fourth-order valence-electron chi connectivity index (χ4n) is 3.50. The minimum Gasteiger partial charge on any atom is -0.461 e. The maximum Gasteiger partial charge on any atom is 0.360 e. The number of esters is 1. The number of hydrogen-bond donors (Lipinski definition) is 0. The molecule has 3 aromatic rings. The predicted molar refractivity (Wildman–Crippen MR) is 113 cm³/mol. The van der Waals surface area contributed by atoms with Crippen molar-refractivity contribution in [3.05, 3.63) is 66.2 Å². The maximum absolute atomic E-state index is 12.4. The average Bonchev–Trinajstić information content (AvgIpc) is 3.16. The van der Waals surface area contributed by atoms with Gasteiger partial charge in [-0.15, -0.1) is 0 Å². The standard InChI is InChI=1S/C24H25NO6/c1-3-27-23(26)21-22(28-16-25-21)19-12-11-18(31-17-9-5-4-6-10-17)15-20(19)24(2)29-13-7-8-14-30-24/h4-6,9-12,15-16H,3,7-8,13-14H2,1-2H3. The Morgan fingerprint density at radius 3 is 2.52 bits per heavy atom. The van der Waals surface area contributed by atoms with Crippen LogP contribution in [0.4, 0.5) is 0 Å². The largest absolute Gasteiger partial charge is 0.461 e. The summed E-state index contributed by atoms with van der Waals surface area (Å²) in [5.41, 5.74) is 1.42. The summed E-state index contributed by atoms with van der Waals surface area (Å²) in [5, 5.41) is 0. The first-order chi connectivity index (χ1) is 15.1. The van der Waals surface area contributed by atoms with Crippen LogP contribution in [0.2, 0.25) is 0 Å². The van der Waals surface area contributed by atoms with E-state index in [1.54, 1.807) is 6.92 Å². The minimum atomic E-state index is -1.04. The van der Waals surface area contributed by atoms with Gasteiger partial charge in [0, 0.05) is 11.1 Å². The van der Waals surface area contributed by atoms with Gasteiger partial charge in [0.15, 0.2) is 23.6 Å². The molecule has 0 unspecified atom stereocenters. The Hall–Kier alpha value is -3.16. The molecular formula is C24H25NO6. The number of carbonyl (C=O) groups excluding carboxylic acids is 1. The van der Waals surface area contributed by atoms with Gasteiger partial charge in [0.1, 0.15) is 11.5 Å². The van der Waals surface area contributed by atoms with E-state index < -0.39 is 11.8 Å². The normalized spacial score (nSPS) is 15.8. The highest BCUT2D eigenvalue weighted by molar-refractivity contribution is 5.94. The van der Waals surface area contributed by atoms with Gasteiger partial charge in [0.2, 0.25) is 0 Å². The highest BCUT2D eigenvalue weighted by Gasteiger charge is 2.35. The van der Waals surface area contributed by atoms with Gasteiger partial charge in [-0.1, -0.05) is 18.2 Å². The Balaban J connectivity index is 1.79. The van der Waals surface area contributed by atoms with Crippen LogP contribution in [0.3, 0.4) is 0 Å². The quantitative estimate of drug-likeness (QED) is 0.497. The zero-order chi connectivity index (χ0) is 21.7. The van der Waals surface area contributed by atoms with Crippen LogP contribution in [0, 0.1) is 0 Å². The fourth-order valence-corrected chi connectivity index (χ4v) is 3.50. The van der Waals surface area contributed by atoms with E-state index in [0.29, 0.717) is 41.6 Å². The Morgan fingerprint density at radius 1 is 1.06 bits per heavy atom. The average molecular weight is 423 g/mol. The molecule has 4 rings (SSSR count). The van der Waals surface area contributed by atoms with Crippen LogP contribution in [0.1, 0.15) is 42.7 Å². The van der Waals surface area contributed by atoms with Crippen molar-refractivity contribution >= 4 is 5.97 Å². The number of aromatic nitrogens is 1. The molecule has 1 fully saturated rings. The molecule has 0 atom stereocenters. The van der Waals surface area contributed by atoms with E-state index in [4.69, 9.17) is 23.4 Å². The van der Waals surface area contributed by atoms with Crippen molar-refractivity contribution in [3.63, 3.8) is 0 Å². The summed E-state index contributed by atoms with van der Waals surface area (Å²) in [6, 6.07) is 15.0. The number of hydrogen-bond acceptors (Lipinski definition) is 7. The Kier molecular flexibility index (Phi) is 6.34. The fraction of sp³-hybridized carbons (Fsp3) is 0.333. The second-order valence-corrected chi connectivity index (χ2v) is 7.22. The third-order valence-electron chi connectivity index (χ3n) is 5.03. The SMILES string of the molecule is CCOC(=O)c1ncoc1-c1ccc(Oc2ccccc2)cc1C1(C)OCCCCO1. The lowest BCUT2D eigenvalue weighted by molar-refractivity contribution is -0.221. The van der Waals surface area contributed by atoms with Crippen molar-refractivity contribution < 1.29 is 28.2 Å². The molecule has 0 aliphatic carbocycles. The van der Waals surface area contributed by atoms with Crippen LogP contribution < -0.4 is 4.74 Å². The van der Waals surface area contributed by atoms with E-state index in [1.807, 2.05) is 55.5 Å². The summed E-state index contributed by atoms with van der Waals surface area (Å²) in [6.45, 7) is 4.96. The Labute approximate surface area is 180 Å². The number of benzene rings is 2. The summed E-state index contributed by atoms with van der Waals surface area (Å²) >= 11 is 0. The van der Waals surface area contributed by atoms with Gasteiger partial charge in [-0.3, -0.25) is 0 Å². The van der Waals surface area contributed by atoms with E-state index in [9.17, 15) is 4.79 Å². The lowest BCUT2D eigenvalue weighted by atomic mass is 9.97. The van der Waals surface area contributed by atoms with Crippen LogP contribution in [0.5, 0.6) is 11.5 Å². The van der Waals surface area contributed by atoms with Crippen molar-refractivity contribution in [1.82, 2.24) is 4.98 Å².